The maximum absolute atomic E-state index is 12.8. The van der Waals surface area contributed by atoms with E-state index in [2.05, 4.69) is 20.9 Å². The van der Waals surface area contributed by atoms with E-state index in [1.54, 1.807) is 0 Å². The van der Waals surface area contributed by atoms with Crippen LogP contribution in [0.2, 0.25) is 0 Å². The van der Waals surface area contributed by atoms with Crippen LogP contribution >= 0.6 is 15.9 Å². The third kappa shape index (κ3) is 3.75. The monoisotopic (exact) mass is 410 g/mol. The largest absolute Gasteiger partial charge is 0.416 e. The maximum Gasteiger partial charge on any atom is 0.416 e. The molecule has 0 aliphatic heterocycles. The number of nitrogens with one attached hydrogen (secondary N) is 1. The molecule has 0 aliphatic rings. The molecule has 0 atom stereocenters. The van der Waals surface area contributed by atoms with Crippen LogP contribution in [-0.2, 0) is 12.6 Å². The van der Waals surface area contributed by atoms with Crippen LogP contribution < -0.4 is 5.73 Å². The Labute approximate surface area is 152 Å². The van der Waals surface area contributed by atoms with E-state index in [0.29, 0.717) is 6.54 Å². The lowest BCUT2D eigenvalue weighted by atomic mass is 9.99. The average molecular weight is 411 g/mol. The molecule has 0 saturated carbocycles. The first-order chi connectivity index (χ1) is 11.9. The summed E-state index contributed by atoms with van der Waals surface area (Å²) in [6.07, 6.45) is -1.66. The summed E-state index contributed by atoms with van der Waals surface area (Å²) in [5, 5.41) is 1.08. The van der Waals surface area contributed by atoms with E-state index in [1.165, 1.54) is 12.1 Å². The lowest BCUT2D eigenvalue weighted by molar-refractivity contribution is -0.137. The summed E-state index contributed by atoms with van der Waals surface area (Å²) in [6.45, 7) is 0.627. The number of fused-ring (bicyclic) bond motifs is 1. The third-order valence-corrected chi connectivity index (χ3v) is 4.93. The smallest absolute Gasteiger partial charge is 0.353 e. The fourth-order valence-corrected chi connectivity index (χ4v) is 3.48. The van der Waals surface area contributed by atoms with Gasteiger partial charge in [-0.3, -0.25) is 0 Å². The van der Waals surface area contributed by atoms with Crippen molar-refractivity contribution in [2.24, 2.45) is 5.73 Å². The second-order valence-corrected chi connectivity index (χ2v) is 6.82. The molecule has 1 heterocycles. The van der Waals surface area contributed by atoms with Gasteiger partial charge in [-0.1, -0.05) is 24.3 Å². The summed E-state index contributed by atoms with van der Waals surface area (Å²) >= 11 is 3.54. The highest BCUT2D eigenvalue weighted by atomic mass is 79.9. The number of para-hydroxylation sites is 1. The molecule has 0 bridgehead atoms. The molecule has 0 aliphatic carbocycles. The molecule has 2 aromatic carbocycles. The molecule has 3 N–H and O–H groups in total. The van der Waals surface area contributed by atoms with Gasteiger partial charge in [0.2, 0.25) is 0 Å². The number of rotatable bonds is 5. The van der Waals surface area contributed by atoms with Crippen LogP contribution in [-0.4, -0.2) is 11.5 Å². The van der Waals surface area contributed by atoms with Crippen molar-refractivity contribution in [3.05, 3.63) is 58.1 Å². The van der Waals surface area contributed by atoms with E-state index in [0.717, 1.165) is 63.6 Å². The van der Waals surface area contributed by atoms with Crippen molar-refractivity contribution in [1.82, 2.24) is 4.98 Å². The quantitative estimate of drug-likeness (QED) is 0.505. The molecule has 0 radical (unpaired) electrons. The molecule has 3 aromatic rings. The van der Waals surface area contributed by atoms with Crippen LogP contribution in [0.3, 0.4) is 0 Å². The fourth-order valence-electron chi connectivity index (χ4n) is 3.02. The Morgan fingerprint density at radius 2 is 1.72 bits per heavy atom. The number of H-pyrrole nitrogens is 1. The summed E-state index contributed by atoms with van der Waals surface area (Å²) in [4.78, 5) is 3.37. The summed E-state index contributed by atoms with van der Waals surface area (Å²) in [6, 6.07) is 11.2. The number of hydrogen-bond donors (Lipinski definition) is 2. The SMILES string of the molecule is NCCCCc1c(-c2ccc(C(F)(F)F)cc2)[nH]c2c(Br)cccc12. The Hall–Kier alpha value is -1.79. The van der Waals surface area contributed by atoms with Gasteiger partial charge in [-0.05, 0) is 71.1 Å². The summed E-state index contributed by atoms with van der Waals surface area (Å²) < 4.78 is 39.3. The number of unbranched alkanes of at least 4 members (excludes halogenated alkanes) is 1. The van der Waals surface area contributed by atoms with Crippen molar-refractivity contribution >= 4 is 26.8 Å². The van der Waals surface area contributed by atoms with Crippen molar-refractivity contribution in [2.75, 3.05) is 6.54 Å². The van der Waals surface area contributed by atoms with Gasteiger partial charge in [-0.15, -0.1) is 0 Å². The van der Waals surface area contributed by atoms with Gasteiger partial charge >= 0.3 is 6.18 Å². The van der Waals surface area contributed by atoms with Gasteiger partial charge in [0.25, 0.3) is 0 Å². The first-order valence-electron chi connectivity index (χ1n) is 8.08. The minimum Gasteiger partial charge on any atom is -0.353 e. The number of alkyl halides is 3. The van der Waals surface area contributed by atoms with E-state index in [4.69, 9.17) is 5.73 Å². The molecular formula is C19H18BrF3N2. The Kier molecular flexibility index (Phi) is 5.20. The number of halogens is 4. The van der Waals surface area contributed by atoms with Crippen molar-refractivity contribution in [1.29, 1.82) is 0 Å². The number of nitrogens with two attached hydrogens (primary N) is 1. The zero-order chi connectivity index (χ0) is 18.0. The van der Waals surface area contributed by atoms with Crippen molar-refractivity contribution in [3.63, 3.8) is 0 Å². The minimum absolute atomic E-state index is 0.627. The first kappa shape index (κ1) is 18.0. The molecule has 1 aromatic heterocycles. The topological polar surface area (TPSA) is 41.8 Å². The van der Waals surface area contributed by atoms with Gasteiger partial charge in [0.05, 0.1) is 11.1 Å². The van der Waals surface area contributed by atoms with Gasteiger partial charge in [-0.25, -0.2) is 0 Å². The van der Waals surface area contributed by atoms with Gasteiger partial charge < -0.3 is 10.7 Å². The number of aromatic amines is 1. The predicted molar refractivity (Wildman–Crippen MR) is 98.4 cm³/mol. The molecule has 0 saturated heterocycles. The maximum atomic E-state index is 12.8. The van der Waals surface area contributed by atoms with Gasteiger partial charge in [0, 0.05) is 15.6 Å². The highest BCUT2D eigenvalue weighted by Crippen LogP contribution is 2.36. The average Bonchev–Trinajstić information content (AvgIpc) is 2.95. The molecule has 0 unspecified atom stereocenters. The van der Waals surface area contributed by atoms with E-state index in [1.807, 2.05) is 18.2 Å². The van der Waals surface area contributed by atoms with Gasteiger partial charge in [-0.2, -0.15) is 13.2 Å². The van der Waals surface area contributed by atoms with Crippen LogP contribution in [0.15, 0.2) is 46.9 Å². The number of aromatic nitrogens is 1. The molecule has 3 rings (SSSR count). The standard InChI is InChI=1S/C19H18BrF3N2/c20-16-6-3-5-15-14(4-1-2-11-24)17(25-18(15)16)12-7-9-13(10-8-12)19(21,22)23/h3,5-10,25H,1-2,4,11,24H2. The van der Waals surface area contributed by atoms with Crippen molar-refractivity contribution < 1.29 is 13.2 Å². The second kappa shape index (κ2) is 7.22. The zero-order valence-electron chi connectivity index (χ0n) is 13.5. The third-order valence-electron chi connectivity index (χ3n) is 4.27. The Bertz CT molecular complexity index is 867. The van der Waals surface area contributed by atoms with Gasteiger partial charge in [0.15, 0.2) is 0 Å². The van der Waals surface area contributed by atoms with E-state index in [9.17, 15) is 13.2 Å². The molecule has 2 nitrogen and oxygen atoms in total. The normalized spacial score (nSPS) is 12.0. The number of aryl methyl sites for hydroxylation is 1. The highest BCUT2D eigenvalue weighted by Gasteiger charge is 2.30. The Balaban J connectivity index is 2.08. The second-order valence-electron chi connectivity index (χ2n) is 5.96. The van der Waals surface area contributed by atoms with E-state index >= 15 is 0 Å². The fraction of sp³-hybridized carbons (Fsp3) is 0.263. The van der Waals surface area contributed by atoms with Crippen LogP contribution in [0.1, 0.15) is 24.0 Å². The van der Waals surface area contributed by atoms with Crippen molar-refractivity contribution in [2.45, 2.75) is 25.4 Å². The summed E-state index contributed by atoms with van der Waals surface area (Å²) in [5.41, 5.74) is 8.64. The van der Waals surface area contributed by atoms with Crippen LogP contribution in [0.5, 0.6) is 0 Å². The molecule has 25 heavy (non-hydrogen) atoms. The number of hydrogen-bond acceptors (Lipinski definition) is 1. The lowest BCUT2D eigenvalue weighted by Crippen LogP contribution is -2.04. The molecule has 132 valence electrons. The lowest BCUT2D eigenvalue weighted by Gasteiger charge is -2.09. The highest BCUT2D eigenvalue weighted by molar-refractivity contribution is 9.10. The minimum atomic E-state index is -4.33. The Morgan fingerprint density at radius 1 is 1.00 bits per heavy atom. The summed E-state index contributed by atoms with van der Waals surface area (Å²) in [7, 11) is 0. The molecule has 0 spiro atoms. The summed E-state index contributed by atoms with van der Waals surface area (Å²) in [5.74, 6) is 0. The molecule has 6 heteroatoms. The Morgan fingerprint density at radius 3 is 2.36 bits per heavy atom. The van der Waals surface area contributed by atoms with Gasteiger partial charge in [0.1, 0.15) is 0 Å². The zero-order valence-corrected chi connectivity index (χ0v) is 15.0. The molecule has 0 amide bonds. The molecular weight excluding hydrogens is 393 g/mol. The molecule has 0 fully saturated rings. The van der Waals surface area contributed by atoms with Crippen LogP contribution in [0, 0.1) is 0 Å². The first-order valence-corrected chi connectivity index (χ1v) is 8.88. The van der Waals surface area contributed by atoms with E-state index in [-0.39, 0.29) is 0 Å². The number of benzene rings is 2. The van der Waals surface area contributed by atoms with Crippen LogP contribution in [0.4, 0.5) is 13.2 Å². The predicted octanol–water partition coefficient (Wildman–Crippen LogP) is 5.90. The van der Waals surface area contributed by atoms with E-state index < -0.39 is 11.7 Å². The van der Waals surface area contributed by atoms with Crippen LogP contribution in [0.25, 0.3) is 22.2 Å². The van der Waals surface area contributed by atoms with Crippen molar-refractivity contribution in [3.8, 4) is 11.3 Å².